The molecule has 212 valence electrons. The first kappa shape index (κ1) is 27.0. The Hall–Kier alpha value is -4.20. The predicted octanol–water partition coefficient (Wildman–Crippen LogP) is 4.06. The molecule has 0 aliphatic carbocycles. The molecule has 2 unspecified atom stereocenters. The monoisotopic (exact) mass is 553 g/mol. The maximum absolute atomic E-state index is 10.1. The Bertz CT molecular complexity index is 1560. The highest BCUT2D eigenvalue weighted by Gasteiger charge is 2.44. The number of hydrogen-bond acceptors (Lipinski definition) is 9. The summed E-state index contributed by atoms with van der Waals surface area (Å²) in [5.41, 5.74) is 3.07. The lowest BCUT2D eigenvalue weighted by molar-refractivity contribution is -0.00877. The Morgan fingerprint density at radius 2 is 1.90 bits per heavy atom. The number of rotatable bonds is 9. The average molecular weight is 554 g/mol. The molecule has 10 nitrogen and oxygen atoms in total. The van der Waals surface area contributed by atoms with Crippen molar-refractivity contribution in [1.82, 2.24) is 24.5 Å². The third-order valence-electron chi connectivity index (χ3n) is 7.55. The number of aliphatic hydroxyl groups is 1. The van der Waals surface area contributed by atoms with Crippen LogP contribution in [0.15, 0.2) is 55.1 Å². The summed E-state index contributed by atoms with van der Waals surface area (Å²) in [7, 11) is 0. The van der Waals surface area contributed by atoms with Gasteiger partial charge in [-0.15, -0.1) is 0 Å². The highest BCUT2D eigenvalue weighted by atomic mass is 16.5. The van der Waals surface area contributed by atoms with Gasteiger partial charge >= 0.3 is 0 Å². The fourth-order valence-corrected chi connectivity index (χ4v) is 5.63. The summed E-state index contributed by atoms with van der Waals surface area (Å²) in [4.78, 5) is 14.2. The topological polar surface area (TPSA) is 112 Å². The van der Waals surface area contributed by atoms with Crippen LogP contribution in [0, 0.1) is 11.3 Å². The quantitative estimate of drug-likeness (QED) is 0.328. The number of piperazine rings is 1. The van der Waals surface area contributed by atoms with Gasteiger partial charge in [0.2, 0.25) is 5.88 Å². The van der Waals surface area contributed by atoms with Crippen molar-refractivity contribution in [1.29, 1.82) is 5.26 Å². The van der Waals surface area contributed by atoms with Gasteiger partial charge in [0, 0.05) is 61.3 Å². The number of pyridine rings is 3. The number of piperidine rings is 1. The summed E-state index contributed by atoms with van der Waals surface area (Å²) in [5.74, 6) is 2.17. The van der Waals surface area contributed by atoms with Gasteiger partial charge < -0.3 is 19.5 Å². The fraction of sp³-hybridized carbons (Fsp3) is 0.419. The molecule has 3 aliphatic heterocycles. The number of fused-ring (bicyclic) bond motifs is 3. The Labute approximate surface area is 239 Å². The Morgan fingerprint density at radius 3 is 2.54 bits per heavy atom. The molecule has 7 heterocycles. The number of aromatic nitrogens is 4. The summed E-state index contributed by atoms with van der Waals surface area (Å²) in [6, 6.07) is 13.2. The first-order chi connectivity index (χ1) is 19.7. The van der Waals surface area contributed by atoms with Crippen LogP contribution >= 0.6 is 0 Å². The van der Waals surface area contributed by atoms with Crippen LogP contribution in [0.4, 0.5) is 5.82 Å². The van der Waals surface area contributed by atoms with Crippen molar-refractivity contribution in [2.24, 2.45) is 0 Å². The van der Waals surface area contributed by atoms with Gasteiger partial charge in [0.05, 0.1) is 35.2 Å². The van der Waals surface area contributed by atoms with Crippen molar-refractivity contribution in [2.45, 2.75) is 64.4 Å². The Balaban J connectivity index is 1.16. The van der Waals surface area contributed by atoms with Crippen LogP contribution in [0.1, 0.15) is 45.2 Å². The van der Waals surface area contributed by atoms with Crippen molar-refractivity contribution in [3.8, 4) is 28.8 Å². The van der Waals surface area contributed by atoms with Crippen molar-refractivity contribution >= 4 is 11.3 Å². The lowest BCUT2D eigenvalue weighted by Gasteiger charge is -2.56. The lowest BCUT2D eigenvalue weighted by Crippen LogP contribution is -2.68. The fourth-order valence-electron chi connectivity index (χ4n) is 5.63. The van der Waals surface area contributed by atoms with E-state index in [0.717, 1.165) is 36.6 Å². The van der Waals surface area contributed by atoms with Crippen LogP contribution < -0.4 is 14.4 Å². The maximum atomic E-state index is 10.1. The number of nitriles is 1. The molecule has 3 aliphatic rings. The van der Waals surface area contributed by atoms with E-state index < -0.39 is 5.60 Å². The zero-order chi connectivity index (χ0) is 28.7. The largest absolute Gasteiger partial charge is 0.489 e. The van der Waals surface area contributed by atoms with E-state index in [0.29, 0.717) is 34.8 Å². The van der Waals surface area contributed by atoms with Crippen LogP contribution in [0.25, 0.3) is 16.6 Å². The van der Waals surface area contributed by atoms with Crippen molar-refractivity contribution < 1.29 is 14.6 Å². The molecule has 4 aromatic heterocycles. The molecule has 7 rings (SSSR count). The Morgan fingerprint density at radius 1 is 1.10 bits per heavy atom. The van der Waals surface area contributed by atoms with E-state index in [1.165, 1.54) is 12.0 Å². The number of nitrogens with zero attached hydrogens (tertiary/aromatic N) is 7. The summed E-state index contributed by atoms with van der Waals surface area (Å²) >= 11 is 0. The minimum absolute atomic E-state index is 0.113. The van der Waals surface area contributed by atoms with Crippen LogP contribution in [-0.2, 0) is 6.54 Å². The third kappa shape index (κ3) is 5.69. The van der Waals surface area contributed by atoms with Gasteiger partial charge in [-0.25, -0.2) is 14.5 Å². The van der Waals surface area contributed by atoms with Gasteiger partial charge in [-0.3, -0.25) is 4.90 Å². The molecule has 10 heteroatoms. The summed E-state index contributed by atoms with van der Waals surface area (Å²) in [6.07, 6.45) is 8.36. The summed E-state index contributed by atoms with van der Waals surface area (Å²) in [6.45, 7) is 10.3. The molecule has 2 atom stereocenters. The molecule has 0 radical (unpaired) electrons. The zero-order valence-corrected chi connectivity index (χ0v) is 23.9. The van der Waals surface area contributed by atoms with E-state index in [-0.39, 0.29) is 12.7 Å². The number of anilines is 1. The molecule has 0 amide bonds. The predicted molar refractivity (Wildman–Crippen MR) is 155 cm³/mol. The molecular weight excluding hydrogens is 518 g/mol. The van der Waals surface area contributed by atoms with Crippen LogP contribution in [0.2, 0.25) is 0 Å². The lowest BCUT2D eigenvalue weighted by atomic mass is 9.87. The molecule has 3 saturated heterocycles. The Kier molecular flexibility index (Phi) is 7.01. The van der Waals surface area contributed by atoms with Crippen LogP contribution in [0.3, 0.4) is 0 Å². The molecule has 0 spiro atoms. The minimum Gasteiger partial charge on any atom is -0.489 e. The summed E-state index contributed by atoms with van der Waals surface area (Å²) < 4.78 is 13.2. The highest BCUT2D eigenvalue weighted by molar-refractivity contribution is 5.85. The molecular formula is C31H35N7O3. The molecule has 4 aromatic rings. The smallest absolute Gasteiger partial charge is 0.213 e. The zero-order valence-electron chi connectivity index (χ0n) is 23.9. The third-order valence-corrected chi connectivity index (χ3v) is 7.55. The minimum atomic E-state index is -0.977. The van der Waals surface area contributed by atoms with Crippen molar-refractivity contribution in [2.75, 3.05) is 24.6 Å². The normalized spacial score (nSPS) is 18.8. The number of hydrogen-bond donors (Lipinski definition) is 1. The standard InChI is InChI=1S/C31H35N7O3/c1-20(2)41-29-8-5-21(12-34-29)15-37-24-9-25(37)17-36(16-24)28-7-6-22(13-33-28)27-10-26(40-19-31(3,4)39)18-38-30(27)23(11-32)14-35-38/h5-8,10,12-14,18,20,24-25,39H,9,15-17,19H2,1-4H3. The van der Waals surface area contributed by atoms with E-state index in [1.807, 2.05) is 50.5 Å². The average Bonchev–Trinajstić information content (AvgIpc) is 3.38. The van der Waals surface area contributed by atoms with E-state index in [2.05, 4.69) is 32.0 Å². The molecule has 3 fully saturated rings. The molecule has 0 saturated carbocycles. The molecule has 2 bridgehead atoms. The highest BCUT2D eigenvalue weighted by Crippen LogP contribution is 2.36. The second-order valence-corrected chi connectivity index (χ2v) is 11.9. The van der Waals surface area contributed by atoms with Gasteiger partial charge in [0.15, 0.2) is 0 Å². The SMILES string of the molecule is CC(C)Oc1ccc(CN2C3CC2CN(c2ccc(-c4cc(OCC(C)(C)O)cn5ncc(C#N)c45)cn2)C3)cn1. The molecule has 0 aromatic carbocycles. The summed E-state index contributed by atoms with van der Waals surface area (Å²) in [5, 5.41) is 24.1. The van der Waals surface area contributed by atoms with E-state index in [9.17, 15) is 10.4 Å². The van der Waals surface area contributed by atoms with Gasteiger partial charge in [-0.1, -0.05) is 6.07 Å². The van der Waals surface area contributed by atoms with Crippen LogP contribution in [-0.4, -0.2) is 73.1 Å². The number of ether oxygens (including phenoxy) is 2. The van der Waals surface area contributed by atoms with Crippen LogP contribution in [0.5, 0.6) is 11.6 Å². The van der Waals surface area contributed by atoms with Gasteiger partial charge in [0.25, 0.3) is 0 Å². The van der Waals surface area contributed by atoms with E-state index in [4.69, 9.17) is 14.5 Å². The van der Waals surface area contributed by atoms with Crippen molar-refractivity contribution in [3.63, 3.8) is 0 Å². The molecule has 41 heavy (non-hydrogen) atoms. The molecule has 1 N–H and O–H groups in total. The first-order valence-electron chi connectivity index (χ1n) is 14.0. The second kappa shape index (κ2) is 10.7. The van der Waals surface area contributed by atoms with Gasteiger partial charge in [-0.2, -0.15) is 10.4 Å². The van der Waals surface area contributed by atoms with Gasteiger partial charge in [0.1, 0.15) is 24.2 Å². The van der Waals surface area contributed by atoms with E-state index >= 15 is 0 Å². The van der Waals surface area contributed by atoms with E-state index in [1.54, 1.807) is 30.8 Å². The second-order valence-electron chi connectivity index (χ2n) is 11.9. The van der Waals surface area contributed by atoms with Gasteiger partial charge in [-0.05, 0) is 57.9 Å². The van der Waals surface area contributed by atoms with Crippen molar-refractivity contribution in [3.05, 3.63) is 66.2 Å². The maximum Gasteiger partial charge on any atom is 0.213 e. The first-order valence-corrected chi connectivity index (χ1v) is 14.0.